The van der Waals surface area contributed by atoms with Crippen LogP contribution in [0, 0.1) is 5.82 Å². The predicted octanol–water partition coefficient (Wildman–Crippen LogP) is 2.47. The van der Waals surface area contributed by atoms with Crippen LogP contribution in [0.5, 0.6) is 5.88 Å². The summed E-state index contributed by atoms with van der Waals surface area (Å²) in [6, 6.07) is 6.07. The second-order valence-corrected chi connectivity index (χ2v) is 3.81. The van der Waals surface area contributed by atoms with Crippen LogP contribution < -0.4 is 4.74 Å². The van der Waals surface area contributed by atoms with E-state index in [0.29, 0.717) is 23.7 Å². The van der Waals surface area contributed by atoms with Gasteiger partial charge in [0, 0.05) is 6.20 Å². The number of methoxy groups -OCH3 is 1. The van der Waals surface area contributed by atoms with Crippen molar-refractivity contribution in [3.63, 3.8) is 0 Å². The first-order valence-corrected chi connectivity index (χ1v) is 6.00. The third-order valence-corrected chi connectivity index (χ3v) is 2.55. The maximum absolute atomic E-state index is 13.6. The minimum atomic E-state index is -0.828. The molecule has 0 atom stereocenters. The van der Waals surface area contributed by atoms with Crippen LogP contribution >= 0.6 is 0 Å². The minimum absolute atomic E-state index is 0.365. The molecule has 20 heavy (non-hydrogen) atoms. The van der Waals surface area contributed by atoms with Gasteiger partial charge in [-0.25, -0.2) is 19.2 Å². The Morgan fingerprint density at radius 1 is 1.35 bits per heavy atom. The maximum atomic E-state index is 13.6. The summed E-state index contributed by atoms with van der Waals surface area (Å²) >= 11 is 0. The Morgan fingerprint density at radius 3 is 2.85 bits per heavy atom. The van der Waals surface area contributed by atoms with Crippen LogP contribution in [0.4, 0.5) is 4.39 Å². The van der Waals surface area contributed by atoms with Crippen LogP contribution in [0.2, 0.25) is 0 Å². The fraction of sp³-hybridized carbons (Fsp3) is 0.214. The van der Waals surface area contributed by atoms with E-state index in [0.717, 1.165) is 6.07 Å². The van der Waals surface area contributed by atoms with Crippen LogP contribution in [0.15, 0.2) is 30.5 Å². The number of carbonyl (C=O) groups excluding carboxylic acids is 1. The fourth-order valence-electron chi connectivity index (χ4n) is 1.67. The molecule has 2 heterocycles. The highest BCUT2D eigenvalue weighted by Crippen LogP contribution is 2.27. The summed E-state index contributed by atoms with van der Waals surface area (Å²) in [5, 5.41) is 0. The fourth-order valence-corrected chi connectivity index (χ4v) is 1.67. The highest BCUT2D eigenvalue weighted by Gasteiger charge is 2.17. The Hall–Kier alpha value is -2.50. The van der Waals surface area contributed by atoms with Crippen molar-refractivity contribution >= 4 is 5.97 Å². The quantitative estimate of drug-likeness (QED) is 0.803. The number of hydrogen-bond donors (Lipinski definition) is 0. The van der Waals surface area contributed by atoms with Crippen LogP contribution in [-0.4, -0.2) is 29.7 Å². The Bertz CT molecular complexity index is 632. The molecule has 0 N–H and O–H groups in total. The maximum Gasteiger partial charge on any atom is 0.359 e. The second kappa shape index (κ2) is 6.10. The lowest BCUT2D eigenvalue weighted by atomic mass is 10.1. The molecular formula is C14H13FN2O3. The normalized spacial score (nSPS) is 10.2. The van der Waals surface area contributed by atoms with Crippen molar-refractivity contribution in [3.05, 3.63) is 42.0 Å². The number of halogens is 1. The Morgan fingerprint density at radius 2 is 2.15 bits per heavy atom. The molecule has 0 unspecified atom stereocenters. The molecular weight excluding hydrogens is 263 g/mol. The van der Waals surface area contributed by atoms with E-state index in [1.54, 1.807) is 18.3 Å². The first-order valence-electron chi connectivity index (χ1n) is 6.00. The van der Waals surface area contributed by atoms with Crippen molar-refractivity contribution in [1.82, 2.24) is 9.97 Å². The summed E-state index contributed by atoms with van der Waals surface area (Å²) in [5.74, 6) is -1.18. The Kier molecular flexibility index (Phi) is 4.24. The molecule has 0 bridgehead atoms. The van der Waals surface area contributed by atoms with Gasteiger partial charge in [0.25, 0.3) is 0 Å². The van der Waals surface area contributed by atoms with Crippen LogP contribution in [0.25, 0.3) is 11.3 Å². The third-order valence-electron chi connectivity index (χ3n) is 2.55. The number of pyridine rings is 2. The predicted molar refractivity (Wildman–Crippen MR) is 69.9 cm³/mol. The van der Waals surface area contributed by atoms with Crippen LogP contribution in [0.3, 0.4) is 0 Å². The third kappa shape index (κ3) is 2.74. The first-order chi connectivity index (χ1) is 9.67. The molecule has 0 amide bonds. The molecule has 2 aromatic heterocycles. The number of ether oxygens (including phenoxy) is 2. The number of esters is 1. The summed E-state index contributed by atoms with van der Waals surface area (Å²) in [6.07, 6.45) is 1.58. The second-order valence-electron chi connectivity index (χ2n) is 3.81. The first kappa shape index (κ1) is 13.9. The van der Waals surface area contributed by atoms with Gasteiger partial charge >= 0.3 is 5.97 Å². The largest absolute Gasteiger partial charge is 0.477 e. The van der Waals surface area contributed by atoms with E-state index in [2.05, 4.69) is 14.7 Å². The van der Waals surface area contributed by atoms with Crippen LogP contribution in [-0.2, 0) is 4.74 Å². The molecule has 0 saturated heterocycles. The van der Waals surface area contributed by atoms with E-state index >= 15 is 0 Å². The van der Waals surface area contributed by atoms with E-state index in [1.807, 2.05) is 6.92 Å². The van der Waals surface area contributed by atoms with Gasteiger partial charge in [0.05, 0.1) is 25.0 Å². The zero-order chi connectivity index (χ0) is 14.5. The highest BCUT2D eigenvalue weighted by molar-refractivity contribution is 5.88. The lowest BCUT2D eigenvalue weighted by molar-refractivity contribution is 0.0588. The van der Waals surface area contributed by atoms with Gasteiger partial charge in [-0.15, -0.1) is 0 Å². The minimum Gasteiger partial charge on any atom is -0.477 e. The molecule has 0 aromatic carbocycles. The zero-order valence-electron chi connectivity index (χ0n) is 11.1. The lowest BCUT2D eigenvalue weighted by Crippen LogP contribution is -2.08. The average Bonchev–Trinajstić information content (AvgIpc) is 2.48. The number of nitrogens with zero attached hydrogens (tertiary/aromatic N) is 2. The van der Waals surface area contributed by atoms with Gasteiger partial charge in [-0.3, -0.25) is 0 Å². The van der Waals surface area contributed by atoms with E-state index in [9.17, 15) is 9.18 Å². The Balaban J connectivity index is 2.51. The van der Waals surface area contributed by atoms with E-state index < -0.39 is 11.8 Å². The summed E-state index contributed by atoms with van der Waals surface area (Å²) < 4.78 is 23.4. The molecule has 0 radical (unpaired) electrons. The number of rotatable bonds is 4. The van der Waals surface area contributed by atoms with Gasteiger partial charge in [0.15, 0.2) is 11.5 Å². The smallest absolute Gasteiger partial charge is 0.359 e. The zero-order valence-corrected chi connectivity index (χ0v) is 11.1. The molecule has 2 rings (SSSR count). The van der Waals surface area contributed by atoms with Crippen molar-refractivity contribution < 1.29 is 18.7 Å². The monoisotopic (exact) mass is 276 g/mol. The average molecular weight is 276 g/mol. The molecule has 5 nitrogen and oxygen atoms in total. The van der Waals surface area contributed by atoms with Crippen molar-refractivity contribution in [2.45, 2.75) is 6.92 Å². The van der Waals surface area contributed by atoms with Gasteiger partial charge in [0.2, 0.25) is 5.88 Å². The SMILES string of the molecule is CCOc1ncccc1-c1ccc(F)c(C(=O)OC)n1. The lowest BCUT2D eigenvalue weighted by Gasteiger charge is -2.09. The van der Waals surface area contributed by atoms with Crippen molar-refractivity contribution in [3.8, 4) is 17.1 Å². The summed E-state index contributed by atoms with van der Waals surface area (Å²) in [6.45, 7) is 2.27. The molecule has 0 saturated carbocycles. The summed E-state index contributed by atoms with van der Waals surface area (Å²) in [5.41, 5.74) is 0.610. The Labute approximate surface area is 115 Å². The molecule has 0 aliphatic heterocycles. The van der Waals surface area contributed by atoms with Crippen LogP contribution in [0.1, 0.15) is 17.4 Å². The number of aromatic nitrogens is 2. The van der Waals surface area contributed by atoms with Gasteiger partial charge in [-0.05, 0) is 31.2 Å². The summed E-state index contributed by atoms with van der Waals surface area (Å²) in [7, 11) is 1.17. The topological polar surface area (TPSA) is 61.3 Å². The number of carbonyl (C=O) groups is 1. The molecule has 0 spiro atoms. The van der Waals surface area contributed by atoms with Crippen molar-refractivity contribution in [2.75, 3.05) is 13.7 Å². The van der Waals surface area contributed by atoms with E-state index in [-0.39, 0.29) is 5.69 Å². The molecule has 2 aromatic rings. The van der Waals surface area contributed by atoms with Gasteiger partial charge in [0.1, 0.15) is 0 Å². The van der Waals surface area contributed by atoms with Gasteiger partial charge in [-0.2, -0.15) is 0 Å². The van der Waals surface area contributed by atoms with Crippen molar-refractivity contribution in [2.24, 2.45) is 0 Å². The standard InChI is InChI=1S/C14H13FN2O3/c1-3-20-13-9(5-4-8-16-13)11-7-6-10(15)12(17-11)14(18)19-2/h4-8H,3H2,1-2H3. The summed E-state index contributed by atoms with van der Waals surface area (Å²) in [4.78, 5) is 19.5. The van der Waals surface area contributed by atoms with E-state index in [4.69, 9.17) is 4.74 Å². The number of hydrogen-bond acceptors (Lipinski definition) is 5. The molecule has 104 valence electrons. The van der Waals surface area contributed by atoms with Gasteiger partial charge < -0.3 is 9.47 Å². The molecule has 0 aliphatic carbocycles. The molecule has 0 aliphatic rings. The molecule has 0 fully saturated rings. The van der Waals surface area contributed by atoms with Gasteiger partial charge in [-0.1, -0.05) is 0 Å². The molecule has 6 heteroatoms. The van der Waals surface area contributed by atoms with Crippen molar-refractivity contribution in [1.29, 1.82) is 0 Å². The highest BCUT2D eigenvalue weighted by atomic mass is 19.1. The van der Waals surface area contributed by atoms with E-state index in [1.165, 1.54) is 13.2 Å².